The summed E-state index contributed by atoms with van der Waals surface area (Å²) in [6, 6.07) is 8.20. The van der Waals surface area contributed by atoms with E-state index in [1.807, 2.05) is 12.1 Å². The average Bonchev–Trinajstić information content (AvgIpc) is 2.41. The molecule has 0 aromatic heterocycles. The zero-order valence-corrected chi connectivity index (χ0v) is 12.0. The predicted molar refractivity (Wildman–Crippen MR) is 80.2 cm³/mol. The van der Waals surface area contributed by atoms with Gasteiger partial charge in [0.15, 0.2) is 0 Å². The topological polar surface area (TPSA) is 47.3 Å². The first-order valence-electron chi connectivity index (χ1n) is 7.31. The first kappa shape index (κ1) is 14.4. The Morgan fingerprint density at radius 3 is 2.58 bits per heavy atom. The van der Waals surface area contributed by atoms with Gasteiger partial charge in [-0.25, -0.2) is 0 Å². The maximum absolute atomic E-state index is 5.68. The van der Waals surface area contributed by atoms with Crippen molar-refractivity contribution in [2.45, 2.75) is 32.6 Å². The SMILES string of the molecule is CC1(CNCCCc2ccc(N)cc2)CCOCC1. The van der Waals surface area contributed by atoms with E-state index < -0.39 is 0 Å². The highest BCUT2D eigenvalue weighted by molar-refractivity contribution is 5.39. The van der Waals surface area contributed by atoms with Crippen LogP contribution < -0.4 is 11.1 Å². The Kier molecular flexibility index (Phi) is 5.23. The number of rotatable bonds is 6. The second-order valence-electron chi connectivity index (χ2n) is 5.94. The molecule has 1 aliphatic heterocycles. The minimum atomic E-state index is 0.430. The summed E-state index contributed by atoms with van der Waals surface area (Å²) in [6.07, 6.45) is 4.65. The highest BCUT2D eigenvalue weighted by Gasteiger charge is 2.26. The van der Waals surface area contributed by atoms with E-state index in [2.05, 4.69) is 24.4 Å². The maximum Gasteiger partial charge on any atom is 0.0471 e. The van der Waals surface area contributed by atoms with Crippen LogP contribution in [0.1, 0.15) is 31.7 Å². The number of hydrogen-bond acceptors (Lipinski definition) is 3. The van der Waals surface area contributed by atoms with Crippen LogP contribution in [0.5, 0.6) is 0 Å². The summed E-state index contributed by atoms with van der Waals surface area (Å²) in [6.45, 7) is 6.40. The van der Waals surface area contributed by atoms with Crippen LogP contribution in [0.3, 0.4) is 0 Å². The number of nitrogen functional groups attached to an aromatic ring is 1. The Morgan fingerprint density at radius 1 is 1.21 bits per heavy atom. The second-order valence-corrected chi connectivity index (χ2v) is 5.94. The molecule has 1 fully saturated rings. The summed E-state index contributed by atoms with van der Waals surface area (Å²) in [5, 5.41) is 3.60. The molecule has 1 aliphatic rings. The standard InChI is InChI=1S/C16H26N2O/c1-16(8-11-19-12-9-16)13-18-10-2-3-14-4-6-15(17)7-5-14/h4-7,18H,2-3,8-13,17H2,1H3. The van der Waals surface area contributed by atoms with Crippen LogP contribution in [0.4, 0.5) is 5.69 Å². The summed E-state index contributed by atoms with van der Waals surface area (Å²) < 4.78 is 5.42. The fourth-order valence-electron chi connectivity index (χ4n) is 2.53. The van der Waals surface area contributed by atoms with Crippen LogP contribution in [-0.2, 0) is 11.2 Å². The lowest BCUT2D eigenvalue weighted by molar-refractivity contribution is 0.0242. The van der Waals surface area contributed by atoms with Gasteiger partial charge < -0.3 is 15.8 Å². The number of hydrogen-bond donors (Lipinski definition) is 2. The van der Waals surface area contributed by atoms with Gasteiger partial charge in [0.1, 0.15) is 0 Å². The molecule has 0 saturated carbocycles. The first-order valence-corrected chi connectivity index (χ1v) is 7.31. The molecular formula is C16H26N2O. The molecule has 0 radical (unpaired) electrons. The highest BCUT2D eigenvalue weighted by Crippen LogP contribution is 2.28. The maximum atomic E-state index is 5.68. The lowest BCUT2D eigenvalue weighted by atomic mass is 9.82. The van der Waals surface area contributed by atoms with Gasteiger partial charge in [-0.1, -0.05) is 19.1 Å². The summed E-state index contributed by atoms with van der Waals surface area (Å²) in [4.78, 5) is 0. The van der Waals surface area contributed by atoms with Gasteiger partial charge in [0, 0.05) is 25.4 Å². The van der Waals surface area contributed by atoms with Crippen LogP contribution in [0.2, 0.25) is 0 Å². The third-order valence-electron chi connectivity index (χ3n) is 4.05. The zero-order chi connectivity index (χ0) is 13.6. The minimum Gasteiger partial charge on any atom is -0.399 e. The van der Waals surface area contributed by atoms with Gasteiger partial charge in [-0.3, -0.25) is 0 Å². The summed E-state index contributed by atoms with van der Waals surface area (Å²) in [5.74, 6) is 0. The Hall–Kier alpha value is -1.06. The molecule has 1 heterocycles. The molecule has 0 amide bonds. The largest absolute Gasteiger partial charge is 0.399 e. The number of nitrogens with two attached hydrogens (primary N) is 1. The monoisotopic (exact) mass is 262 g/mol. The van der Waals surface area contributed by atoms with Crippen molar-refractivity contribution >= 4 is 5.69 Å². The lowest BCUT2D eigenvalue weighted by Gasteiger charge is -2.33. The summed E-state index contributed by atoms with van der Waals surface area (Å²) >= 11 is 0. The lowest BCUT2D eigenvalue weighted by Crippen LogP contribution is -2.37. The predicted octanol–water partition coefficient (Wildman–Crippen LogP) is 2.61. The number of benzene rings is 1. The van der Waals surface area contributed by atoms with Gasteiger partial charge >= 0.3 is 0 Å². The molecule has 0 unspecified atom stereocenters. The fourth-order valence-corrected chi connectivity index (χ4v) is 2.53. The molecular weight excluding hydrogens is 236 g/mol. The molecule has 1 aromatic carbocycles. The molecule has 0 aliphatic carbocycles. The van der Waals surface area contributed by atoms with Crippen molar-refractivity contribution in [1.82, 2.24) is 5.32 Å². The first-order chi connectivity index (χ1) is 9.18. The van der Waals surface area contributed by atoms with E-state index >= 15 is 0 Å². The molecule has 106 valence electrons. The Morgan fingerprint density at radius 2 is 1.89 bits per heavy atom. The molecule has 0 atom stereocenters. The number of nitrogens with one attached hydrogen (secondary N) is 1. The second kappa shape index (κ2) is 6.92. The van der Waals surface area contributed by atoms with Gasteiger partial charge in [0.2, 0.25) is 0 Å². The van der Waals surface area contributed by atoms with Crippen LogP contribution >= 0.6 is 0 Å². The van der Waals surface area contributed by atoms with Crippen LogP contribution in [0.15, 0.2) is 24.3 Å². The van der Waals surface area contributed by atoms with Crippen molar-refractivity contribution in [3.8, 4) is 0 Å². The van der Waals surface area contributed by atoms with E-state index in [0.717, 1.165) is 38.4 Å². The molecule has 2 rings (SSSR count). The molecule has 3 heteroatoms. The summed E-state index contributed by atoms with van der Waals surface area (Å²) in [5.41, 5.74) is 8.32. The molecule has 1 aromatic rings. The molecule has 3 N–H and O–H groups in total. The van der Waals surface area contributed by atoms with Crippen molar-refractivity contribution in [3.63, 3.8) is 0 Å². The van der Waals surface area contributed by atoms with E-state index in [1.165, 1.54) is 24.8 Å². The van der Waals surface area contributed by atoms with E-state index in [0.29, 0.717) is 5.41 Å². The molecule has 0 bridgehead atoms. The number of ether oxygens (including phenoxy) is 1. The van der Waals surface area contributed by atoms with Crippen LogP contribution in [0, 0.1) is 5.41 Å². The van der Waals surface area contributed by atoms with Crippen molar-refractivity contribution < 1.29 is 4.74 Å². The third kappa shape index (κ3) is 4.84. The van der Waals surface area contributed by atoms with E-state index in [4.69, 9.17) is 10.5 Å². The van der Waals surface area contributed by atoms with Gasteiger partial charge in [-0.15, -0.1) is 0 Å². The van der Waals surface area contributed by atoms with E-state index in [1.54, 1.807) is 0 Å². The molecule has 1 saturated heterocycles. The van der Waals surface area contributed by atoms with Crippen molar-refractivity contribution in [2.75, 3.05) is 32.0 Å². The fraction of sp³-hybridized carbons (Fsp3) is 0.625. The van der Waals surface area contributed by atoms with E-state index in [-0.39, 0.29) is 0 Å². The van der Waals surface area contributed by atoms with Crippen LogP contribution in [0.25, 0.3) is 0 Å². The van der Waals surface area contributed by atoms with Gasteiger partial charge in [0.25, 0.3) is 0 Å². The Labute approximate surface area is 116 Å². The average molecular weight is 262 g/mol. The highest BCUT2D eigenvalue weighted by atomic mass is 16.5. The third-order valence-corrected chi connectivity index (χ3v) is 4.05. The summed E-state index contributed by atoms with van der Waals surface area (Å²) in [7, 11) is 0. The van der Waals surface area contributed by atoms with Gasteiger partial charge in [0.05, 0.1) is 0 Å². The van der Waals surface area contributed by atoms with E-state index in [9.17, 15) is 0 Å². The molecule has 19 heavy (non-hydrogen) atoms. The minimum absolute atomic E-state index is 0.430. The normalized spacial score (nSPS) is 18.4. The molecule has 3 nitrogen and oxygen atoms in total. The van der Waals surface area contributed by atoms with Gasteiger partial charge in [-0.05, 0) is 55.3 Å². The quantitative estimate of drug-likeness (QED) is 0.612. The van der Waals surface area contributed by atoms with Crippen LogP contribution in [-0.4, -0.2) is 26.3 Å². The number of aryl methyl sites for hydroxylation is 1. The molecule has 0 spiro atoms. The number of anilines is 1. The Bertz CT molecular complexity index is 369. The Balaban J connectivity index is 1.60. The van der Waals surface area contributed by atoms with Crippen molar-refractivity contribution in [1.29, 1.82) is 0 Å². The zero-order valence-electron chi connectivity index (χ0n) is 12.0. The van der Waals surface area contributed by atoms with Crippen molar-refractivity contribution in [2.24, 2.45) is 5.41 Å². The van der Waals surface area contributed by atoms with Crippen molar-refractivity contribution in [3.05, 3.63) is 29.8 Å². The van der Waals surface area contributed by atoms with Gasteiger partial charge in [-0.2, -0.15) is 0 Å². The smallest absolute Gasteiger partial charge is 0.0471 e.